The number of nitrogens with two attached hydrogens (primary N) is 1. The van der Waals surface area contributed by atoms with E-state index in [4.69, 9.17) is 10.5 Å². The van der Waals surface area contributed by atoms with Crippen molar-refractivity contribution in [2.45, 2.75) is 17.9 Å². The van der Waals surface area contributed by atoms with Gasteiger partial charge in [-0.05, 0) is 33.2 Å². The number of sulfonamides is 1. The Bertz CT molecular complexity index is 529. The number of nitrogens with zero attached hydrogens (tertiary/aromatic N) is 1. The van der Waals surface area contributed by atoms with Crippen LogP contribution in [0.2, 0.25) is 0 Å². The third-order valence-electron chi connectivity index (χ3n) is 2.96. The van der Waals surface area contributed by atoms with Gasteiger partial charge in [-0.1, -0.05) is 0 Å². The van der Waals surface area contributed by atoms with Gasteiger partial charge in [0.25, 0.3) is 0 Å². The fraction of sp³-hybridized carbons (Fsp3) is 0.500. The molecule has 0 saturated carbocycles. The quantitative estimate of drug-likeness (QED) is 0.745. The highest BCUT2D eigenvalue weighted by Crippen LogP contribution is 2.23. The molecule has 3 N–H and O–H groups in total. The summed E-state index contributed by atoms with van der Waals surface area (Å²) in [6, 6.07) is 4.59. The highest BCUT2D eigenvalue weighted by molar-refractivity contribution is 7.89. The van der Waals surface area contributed by atoms with Crippen LogP contribution in [0.5, 0.6) is 5.75 Å². The Morgan fingerprint density at radius 3 is 2.53 bits per heavy atom. The van der Waals surface area contributed by atoms with Gasteiger partial charge in [-0.2, -0.15) is 0 Å². The van der Waals surface area contributed by atoms with Crippen molar-refractivity contribution in [2.75, 3.05) is 33.5 Å². The van der Waals surface area contributed by atoms with Crippen LogP contribution in [0.1, 0.15) is 6.92 Å². The number of anilines is 1. The lowest BCUT2D eigenvalue weighted by Gasteiger charge is -2.20. The molecular formula is C12H21N3O3S. The van der Waals surface area contributed by atoms with Gasteiger partial charge in [-0.3, -0.25) is 0 Å². The average molecular weight is 287 g/mol. The number of methoxy groups -OCH3 is 1. The molecular weight excluding hydrogens is 266 g/mol. The lowest BCUT2D eigenvalue weighted by Crippen LogP contribution is -2.38. The van der Waals surface area contributed by atoms with E-state index in [0.717, 1.165) is 0 Å². The van der Waals surface area contributed by atoms with Crippen molar-refractivity contribution in [3.63, 3.8) is 0 Å². The Hall–Kier alpha value is -1.31. The van der Waals surface area contributed by atoms with E-state index in [9.17, 15) is 8.42 Å². The smallest absolute Gasteiger partial charge is 0.242 e. The number of rotatable bonds is 6. The third kappa shape index (κ3) is 4.09. The van der Waals surface area contributed by atoms with Crippen molar-refractivity contribution in [1.82, 2.24) is 9.62 Å². The molecule has 1 unspecified atom stereocenters. The summed E-state index contributed by atoms with van der Waals surface area (Å²) in [6.45, 7) is 2.25. The van der Waals surface area contributed by atoms with E-state index >= 15 is 0 Å². The van der Waals surface area contributed by atoms with Gasteiger partial charge in [0.1, 0.15) is 10.6 Å². The molecule has 6 nitrogen and oxygen atoms in total. The highest BCUT2D eigenvalue weighted by atomic mass is 32.2. The predicted octanol–water partition coefficient (Wildman–Crippen LogP) is 0.506. The van der Waals surface area contributed by atoms with E-state index in [1.807, 2.05) is 25.9 Å². The Morgan fingerprint density at radius 2 is 2.05 bits per heavy atom. The largest absolute Gasteiger partial charge is 0.497 e. The molecule has 0 aliphatic heterocycles. The molecule has 1 atom stereocenters. The minimum atomic E-state index is -3.60. The summed E-state index contributed by atoms with van der Waals surface area (Å²) in [5, 5.41) is 0. The molecule has 19 heavy (non-hydrogen) atoms. The fourth-order valence-electron chi connectivity index (χ4n) is 1.39. The molecule has 1 aromatic rings. The lowest BCUT2D eigenvalue weighted by molar-refractivity contribution is 0.314. The summed E-state index contributed by atoms with van der Waals surface area (Å²) in [5.74, 6) is 0.526. The molecule has 0 radical (unpaired) electrons. The van der Waals surface area contributed by atoms with Crippen molar-refractivity contribution in [3.05, 3.63) is 18.2 Å². The van der Waals surface area contributed by atoms with Crippen molar-refractivity contribution >= 4 is 15.7 Å². The molecule has 0 saturated heterocycles. The van der Waals surface area contributed by atoms with E-state index in [0.29, 0.717) is 12.3 Å². The Balaban J connectivity index is 2.89. The van der Waals surface area contributed by atoms with Crippen LogP contribution in [0.3, 0.4) is 0 Å². The Kier molecular flexibility index (Phi) is 5.16. The minimum Gasteiger partial charge on any atom is -0.497 e. The number of likely N-dealkylation sites (N-methyl/N-ethyl adjacent to an activating group) is 1. The van der Waals surface area contributed by atoms with Crippen LogP contribution in [0.15, 0.2) is 23.1 Å². The van der Waals surface area contributed by atoms with Crippen molar-refractivity contribution in [1.29, 1.82) is 0 Å². The zero-order valence-corrected chi connectivity index (χ0v) is 12.5. The second-order valence-electron chi connectivity index (χ2n) is 4.57. The van der Waals surface area contributed by atoms with Crippen LogP contribution in [0.4, 0.5) is 5.69 Å². The first-order valence-electron chi connectivity index (χ1n) is 5.87. The molecule has 1 aromatic carbocycles. The summed E-state index contributed by atoms with van der Waals surface area (Å²) in [6.07, 6.45) is 0. The molecule has 0 bridgehead atoms. The van der Waals surface area contributed by atoms with E-state index < -0.39 is 10.0 Å². The summed E-state index contributed by atoms with van der Waals surface area (Å²) in [4.78, 5) is 2.00. The van der Waals surface area contributed by atoms with Gasteiger partial charge in [0.2, 0.25) is 10.0 Å². The second-order valence-corrected chi connectivity index (χ2v) is 6.30. The molecule has 7 heteroatoms. The maximum Gasteiger partial charge on any atom is 0.242 e. The molecule has 0 heterocycles. The van der Waals surface area contributed by atoms with Crippen molar-refractivity contribution in [3.8, 4) is 5.75 Å². The SMILES string of the molecule is COc1ccc(S(=O)(=O)NCC(C)N(C)C)c(N)c1. The first-order valence-corrected chi connectivity index (χ1v) is 7.36. The van der Waals surface area contributed by atoms with E-state index in [2.05, 4.69) is 4.72 Å². The van der Waals surface area contributed by atoms with Crippen LogP contribution < -0.4 is 15.2 Å². The van der Waals surface area contributed by atoms with Gasteiger partial charge in [-0.25, -0.2) is 13.1 Å². The maximum atomic E-state index is 12.1. The van der Waals surface area contributed by atoms with Crippen molar-refractivity contribution in [2.24, 2.45) is 0 Å². The number of hydrogen-bond acceptors (Lipinski definition) is 5. The zero-order valence-electron chi connectivity index (χ0n) is 11.7. The van der Waals surface area contributed by atoms with E-state index in [1.165, 1.54) is 19.2 Å². The second kappa shape index (κ2) is 6.23. The van der Waals surface area contributed by atoms with Gasteiger partial charge >= 0.3 is 0 Å². The van der Waals surface area contributed by atoms with Crippen LogP contribution >= 0.6 is 0 Å². The van der Waals surface area contributed by atoms with Gasteiger partial charge in [0.05, 0.1) is 12.8 Å². The third-order valence-corrected chi connectivity index (χ3v) is 4.45. The highest BCUT2D eigenvalue weighted by Gasteiger charge is 2.19. The number of ether oxygens (including phenoxy) is 1. The Labute approximate surface area is 114 Å². The monoisotopic (exact) mass is 287 g/mol. The molecule has 0 spiro atoms. The molecule has 108 valence electrons. The zero-order chi connectivity index (χ0) is 14.6. The van der Waals surface area contributed by atoms with Crippen LogP contribution in [-0.4, -0.2) is 47.1 Å². The molecule has 0 aliphatic carbocycles. The first-order chi connectivity index (χ1) is 8.77. The first kappa shape index (κ1) is 15.7. The van der Waals surface area contributed by atoms with Gasteiger partial charge in [-0.15, -0.1) is 0 Å². The summed E-state index contributed by atoms with van der Waals surface area (Å²) >= 11 is 0. The van der Waals surface area contributed by atoms with Gasteiger partial charge in [0.15, 0.2) is 0 Å². The van der Waals surface area contributed by atoms with Gasteiger partial charge in [0, 0.05) is 18.7 Å². The molecule has 0 amide bonds. The lowest BCUT2D eigenvalue weighted by atomic mass is 10.3. The number of benzene rings is 1. The number of nitrogen functional groups attached to an aromatic ring is 1. The molecule has 0 aliphatic rings. The average Bonchev–Trinajstić information content (AvgIpc) is 2.35. The molecule has 0 aromatic heterocycles. The van der Waals surface area contributed by atoms with E-state index in [1.54, 1.807) is 6.07 Å². The number of hydrogen-bond donors (Lipinski definition) is 2. The fourth-order valence-corrected chi connectivity index (χ4v) is 2.62. The predicted molar refractivity (Wildman–Crippen MR) is 75.7 cm³/mol. The Morgan fingerprint density at radius 1 is 1.42 bits per heavy atom. The van der Waals surface area contributed by atoms with Gasteiger partial charge < -0.3 is 15.4 Å². The summed E-state index contributed by atoms with van der Waals surface area (Å²) in [7, 11) is 1.68. The molecule has 0 fully saturated rings. The van der Waals surface area contributed by atoms with Crippen LogP contribution in [-0.2, 0) is 10.0 Å². The van der Waals surface area contributed by atoms with E-state index in [-0.39, 0.29) is 16.6 Å². The normalized spacial score (nSPS) is 13.5. The summed E-state index contributed by atoms with van der Waals surface area (Å²) in [5.41, 5.74) is 5.91. The topological polar surface area (TPSA) is 84.7 Å². The standard InChI is InChI=1S/C12H21N3O3S/c1-9(15(2)3)8-14-19(16,17)12-6-5-10(18-4)7-11(12)13/h5-7,9,14H,8,13H2,1-4H3. The maximum absolute atomic E-state index is 12.1. The van der Waals surface area contributed by atoms with Crippen molar-refractivity contribution < 1.29 is 13.2 Å². The minimum absolute atomic E-state index is 0.0688. The van der Waals surface area contributed by atoms with Crippen LogP contribution in [0.25, 0.3) is 0 Å². The molecule has 1 rings (SSSR count). The summed E-state index contributed by atoms with van der Waals surface area (Å²) < 4.78 is 31.8. The number of nitrogens with one attached hydrogen (secondary N) is 1. The van der Waals surface area contributed by atoms with Crippen LogP contribution in [0, 0.1) is 0 Å².